The Morgan fingerprint density at radius 3 is 2.48 bits per heavy atom. The second-order valence-corrected chi connectivity index (χ2v) is 10.6. The van der Waals surface area contributed by atoms with Gasteiger partial charge in [0.05, 0.1) is 5.60 Å². The minimum absolute atomic E-state index is 0.103. The second kappa shape index (κ2) is 9.70. The van der Waals surface area contributed by atoms with Gasteiger partial charge in [0.1, 0.15) is 23.5 Å². The topological polar surface area (TPSA) is 89.7 Å². The van der Waals surface area contributed by atoms with E-state index >= 15 is 4.39 Å². The van der Waals surface area contributed by atoms with E-state index in [-0.39, 0.29) is 17.7 Å². The summed E-state index contributed by atoms with van der Waals surface area (Å²) in [6.45, 7) is 5.91. The number of rotatable bonds is 8. The first kappa shape index (κ1) is 25.0. The van der Waals surface area contributed by atoms with Crippen LogP contribution in [-0.4, -0.2) is 31.3 Å². The zero-order valence-corrected chi connectivity index (χ0v) is 19.4. The molecular formula is C24H28F2N2O4S. The molecule has 1 heterocycles. The van der Waals surface area contributed by atoms with E-state index in [2.05, 4.69) is 6.58 Å². The third-order valence-corrected chi connectivity index (χ3v) is 8.19. The van der Waals surface area contributed by atoms with Gasteiger partial charge in [0.2, 0.25) is 15.9 Å². The van der Waals surface area contributed by atoms with Crippen molar-refractivity contribution < 1.29 is 26.7 Å². The van der Waals surface area contributed by atoms with Crippen molar-refractivity contribution in [2.45, 2.75) is 50.1 Å². The van der Waals surface area contributed by atoms with Crippen molar-refractivity contribution in [3.63, 3.8) is 0 Å². The molecule has 1 amide bonds. The average molecular weight is 479 g/mol. The molecule has 6 nitrogen and oxygen atoms in total. The van der Waals surface area contributed by atoms with Crippen molar-refractivity contribution in [2.75, 3.05) is 6.61 Å². The van der Waals surface area contributed by atoms with Gasteiger partial charge in [-0.25, -0.2) is 17.2 Å². The molecule has 2 atom stereocenters. The average Bonchev–Trinajstić information content (AvgIpc) is 2.76. The number of carbonyl (C=O) groups is 1. The van der Waals surface area contributed by atoms with Crippen LogP contribution in [0.2, 0.25) is 0 Å². The van der Waals surface area contributed by atoms with Gasteiger partial charge in [-0.1, -0.05) is 36.4 Å². The van der Waals surface area contributed by atoms with Crippen LogP contribution in [0.3, 0.4) is 0 Å². The quantitative estimate of drug-likeness (QED) is 0.583. The Labute approximate surface area is 193 Å². The lowest BCUT2D eigenvalue weighted by atomic mass is 9.95. The van der Waals surface area contributed by atoms with E-state index < -0.39 is 51.1 Å². The number of benzene rings is 2. The minimum Gasteiger partial charge on any atom is -0.368 e. The SMILES string of the molecule is C=C[C@H]1CC[C@H](c2ccccc2)S(=O)(=O)N1Cc1cc(F)c(C(C)(C)OCC(N)=O)cc1F. The summed E-state index contributed by atoms with van der Waals surface area (Å²) in [5.74, 6) is -2.29. The third-order valence-electron chi connectivity index (χ3n) is 5.91. The number of nitrogens with two attached hydrogens (primary N) is 1. The lowest BCUT2D eigenvalue weighted by Gasteiger charge is -2.38. The summed E-state index contributed by atoms with van der Waals surface area (Å²) in [6.07, 6.45) is 2.43. The molecule has 0 radical (unpaired) electrons. The van der Waals surface area contributed by atoms with Crippen LogP contribution in [0.1, 0.15) is 48.6 Å². The number of halogens is 2. The smallest absolute Gasteiger partial charge is 0.243 e. The summed E-state index contributed by atoms with van der Waals surface area (Å²) in [4.78, 5) is 11.0. The lowest BCUT2D eigenvalue weighted by molar-refractivity contribution is -0.128. The van der Waals surface area contributed by atoms with Gasteiger partial charge in [-0.05, 0) is 44.4 Å². The summed E-state index contributed by atoms with van der Waals surface area (Å²) in [5, 5.41) is -0.775. The first-order chi connectivity index (χ1) is 15.5. The summed E-state index contributed by atoms with van der Waals surface area (Å²) in [6, 6.07) is 10.2. The molecule has 3 rings (SSSR count). The molecular weight excluding hydrogens is 450 g/mol. The van der Waals surface area contributed by atoms with E-state index in [0.717, 1.165) is 12.1 Å². The van der Waals surface area contributed by atoms with E-state index in [1.165, 1.54) is 24.2 Å². The molecule has 178 valence electrons. The predicted octanol–water partition coefficient (Wildman–Crippen LogP) is 3.92. The molecule has 0 saturated carbocycles. The third kappa shape index (κ3) is 5.31. The van der Waals surface area contributed by atoms with Gasteiger partial charge in [0.25, 0.3) is 0 Å². The van der Waals surface area contributed by atoms with Gasteiger partial charge in [-0.15, -0.1) is 6.58 Å². The molecule has 0 aliphatic carbocycles. The van der Waals surface area contributed by atoms with Crippen molar-refractivity contribution in [2.24, 2.45) is 5.73 Å². The molecule has 2 aromatic rings. The van der Waals surface area contributed by atoms with Crippen LogP contribution < -0.4 is 5.73 Å². The van der Waals surface area contributed by atoms with Gasteiger partial charge in [-0.2, -0.15) is 4.31 Å². The largest absolute Gasteiger partial charge is 0.368 e. The number of sulfonamides is 1. The van der Waals surface area contributed by atoms with Crippen molar-refractivity contribution in [1.29, 1.82) is 0 Å². The van der Waals surface area contributed by atoms with E-state index in [9.17, 15) is 17.6 Å². The van der Waals surface area contributed by atoms with Crippen LogP contribution in [-0.2, 0) is 31.7 Å². The summed E-state index contributed by atoms with van der Waals surface area (Å²) >= 11 is 0. The van der Waals surface area contributed by atoms with E-state index in [1.807, 2.05) is 0 Å². The molecule has 0 aromatic heterocycles. The van der Waals surface area contributed by atoms with Gasteiger partial charge < -0.3 is 10.5 Å². The highest BCUT2D eigenvalue weighted by Crippen LogP contribution is 2.39. The fourth-order valence-corrected chi connectivity index (χ4v) is 6.23. The molecule has 33 heavy (non-hydrogen) atoms. The van der Waals surface area contributed by atoms with Gasteiger partial charge in [0, 0.05) is 23.7 Å². The summed E-state index contributed by atoms with van der Waals surface area (Å²) < 4.78 is 63.5. The fourth-order valence-electron chi connectivity index (χ4n) is 4.08. The molecule has 9 heteroatoms. The van der Waals surface area contributed by atoms with Crippen LogP contribution >= 0.6 is 0 Å². The Balaban J connectivity index is 1.94. The maximum absolute atomic E-state index is 15.1. The molecule has 2 N–H and O–H groups in total. The van der Waals surface area contributed by atoms with Crippen LogP contribution in [0.5, 0.6) is 0 Å². The Kier molecular flexibility index (Phi) is 7.36. The van der Waals surface area contributed by atoms with Crippen molar-refractivity contribution in [1.82, 2.24) is 4.31 Å². The van der Waals surface area contributed by atoms with E-state index in [0.29, 0.717) is 18.4 Å². The van der Waals surface area contributed by atoms with E-state index in [1.54, 1.807) is 30.3 Å². The first-order valence-electron chi connectivity index (χ1n) is 10.6. The van der Waals surface area contributed by atoms with Crippen LogP contribution in [0.15, 0.2) is 55.1 Å². The number of ether oxygens (including phenoxy) is 1. The number of amides is 1. The van der Waals surface area contributed by atoms with Crippen LogP contribution in [0.25, 0.3) is 0 Å². The number of primary amides is 1. The van der Waals surface area contributed by atoms with Crippen molar-refractivity contribution >= 4 is 15.9 Å². The Hall–Kier alpha value is -2.62. The highest BCUT2D eigenvalue weighted by atomic mass is 32.2. The zero-order chi connectivity index (χ0) is 24.4. The van der Waals surface area contributed by atoms with Crippen LogP contribution in [0.4, 0.5) is 8.78 Å². The molecule has 0 unspecified atom stereocenters. The Morgan fingerprint density at radius 2 is 1.88 bits per heavy atom. The second-order valence-electron chi connectivity index (χ2n) is 8.56. The highest BCUT2D eigenvalue weighted by Gasteiger charge is 2.41. The molecule has 2 aromatic carbocycles. The zero-order valence-electron chi connectivity index (χ0n) is 18.6. The summed E-state index contributed by atoms with van der Waals surface area (Å²) in [7, 11) is -3.87. The number of hydrogen-bond donors (Lipinski definition) is 1. The molecule has 1 aliphatic heterocycles. The number of hydrogen-bond acceptors (Lipinski definition) is 4. The van der Waals surface area contributed by atoms with Gasteiger partial charge >= 0.3 is 0 Å². The Morgan fingerprint density at radius 1 is 1.21 bits per heavy atom. The highest BCUT2D eigenvalue weighted by molar-refractivity contribution is 7.89. The monoisotopic (exact) mass is 478 g/mol. The number of nitrogens with zero attached hydrogens (tertiary/aromatic N) is 1. The normalized spacial score (nSPS) is 21.0. The molecule has 0 bridgehead atoms. The van der Waals surface area contributed by atoms with E-state index in [4.69, 9.17) is 10.5 Å². The predicted molar refractivity (Wildman–Crippen MR) is 121 cm³/mol. The standard InChI is InChI=1S/C24H28F2N2O4S/c1-4-18-10-11-22(16-8-6-5-7-9-16)33(30,31)28(18)14-17-12-21(26)19(13-20(17)25)24(2,3)32-15-23(27)29/h4-9,12-13,18,22H,1,10-11,14-15H2,2-3H3,(H2,27,29)/t18-,22+/m0/s1. The lowest BCUT2D eigenvalue weighted by Crippen LogP contribution is -2.45. The molecule has 0 spiro atoms. The Bertz CT molecular complexity index is 1140. The minimum atomic E-state index is -3.87. The molecule has 1 saturated heterocycles. The molecule has 1 fully saturated rings. The molecule has 1 aliphatic rings. The fraction of sp³-hybridized carbons (Fsp3) is 0.375. The first-order valence-corrected chi connectivity index (χ1v) is 12.1. The number of carbonyl (C=O) groups excluding carboxylic acids is 1. The maximum Gasteiger partial charge on any atom is 0.243 e. The van der Waals surface area contributed by atoms with Gasteiger partial charge in [-0.3, -0.25) is 4.79 Å². The maximum atomic E-state index is 15.1. The summed E-state index contributed by atoms with van der Waals surface area (Å²) in [5.41, 5.74) is 4.20. The van der Waals surface area contributed by atoms with Crippen molar-refractivity contribution in [3.8, 4) is 0 Å². The van der Waals surface area contributed by atoms with Gasteiger partial charge in [0.15, 0.2) is 0 Å². The van der Waals surface area contributed by atoms with Crippen molar-refractivity contribution in [3.05, 3.63) is 83.4 Å². The van der Waals surface area contributed by atoms with Crippen LogP contribution in [0, 0.1) is 11.6 Å².